The first-order chi connectivity index (χ1) is 10.1. The van der Waals surface area contributed by atoms with Crippen molar-refractivity contribution in [3.63, 3.8) is 0 Å². The SMILES string of the molecule is CN(CCOc1ccc(F)cc1)C(=O)c1cccc(F)n1. The van der Waals surface area contributed by atoms with Gasteiger partial charge < -0.3 is 9.64 Å². The molecule has 0 aliphatic heterocycles. The van der Waals surface area contributed by atoms with Crippen molar-refractivity contribution in [1.82, 2.24) is 9.88 Å². The van der Waals surface area contributed by atoms with E-state index in [0.717, 1.165) is 0 Å². The van der Waals surface area contributed by atoms with Gasteiger partial charge in [-0.25, -0.2) is 9.37 Å². The molecule has 0 bridgehead atoms. The minimum atomic E-state index is -0.697. The molecule has 1 aromatic heterocycles. The number of halogens is 2. The average molecular weight is 292 g/mol. The number of pyridine rings is 1. The Bertz CT molecular complexity index is 617. The molecule has 0 radical (unpaired) electrons. The van der Waals surface area contributed by atoms with E-state index in [-0.39, 0.29) is 18.1 Å². The maximum Gasteiger partial charge on any atom is 0.272 e. The lowest BCUT2D eigenvalue weighted by Gasteiger charge is -2.17. The highest BCUT2D eigenvalue weighted by Crippen LogP contribution is 2.11. The maximum absolute atomic E-state index is 13.0. The molecule has 0 spiro atoms. The summed E-state index contributed by atoms with van der Waals surface area (Å²) in [6.45, 7) is 0.539. The summed E-state index contributed by atoms with van der Waals surface area (Å²) in [4.78, 5) is 16.9. The largest absolute Gasteiger partial charge is 0.492 e. The molecular formula is C15H14F2N2O2. The second-order valence-corrected chi connectivity index (χ2v) is 4.37. The van der Waals surface area contributed by atoms with E-state index >= 15 is 0 Å². The molecule has 6 heteroatoms. The lowest BCUT2D eigenvalue weighted by atomic mass is 10.3. The van der Waals surface area contributed by atoms with Crippen molar-refractivity contribution >= 4 is 5.91 Å². The van der Waals surface area contributed by atoms with Crippen molar-refractivity contribution in [3.05, 3.63) is 59.9 Å². The number of amides is 1. The molecule has 0 aliphatic rings. The molecule has 0 fully saturated rings. The molecule has 0 saturated carbocycles. The van der Waals surface area contributed by atoms with Gasteiger partial charge in [-0.3, -0.25) is 4.79 Å². The van der Waals surface area contributed by atoms with Crippen LogP contribution in [0, 0.1) is 11.8 Å². The fraction of sp³-hybridized carbons (Fsp3) is 0.200. The number of benzene rings is 1. The number of rotatable bonds is 5. The number of carbonyl (C=O) groups excluding carboxylic acids is 1. The average Bonchev–Trinajstić information content (AvgIpc) is 2.48. The van der Waals surface area contributed by atoms with Gasteiger partial charge in [0.1, 0.15) is 23.9 Å². The highest BCUT2D eigenvalue weighted by Gasteiger charge is 2.13. The van der Waals surface area contributed by atoms with Gasteiger partial charge in [0, 0.05) is 7.05 Å². The quantitative estimate of drug-likeness (QED) is 0.795. The van der Waals surface area contributed by atoms with Crippen molar-refractivity contribution in [2.45, 2.75) is 0 Å². The molecule has 2 rings (SSSR count). The molecule has 0 N–H and O–H groups in total. The Hall–Kier alpha value is -2.50. The van der Waals surface area contributed by atoms with Crippen molar-refractivity contribution in [2.75, 3.05) is 20.2 Å². The van der Waals surface area contributed by atoms with E-state index < -0.39 is 11.9 Å². The number of hydrogen-bond donors (Lipinski definition) is 0. The molecule has 4 nitrogen and oxygen atoms in total. The zero-order valence-electron chi connectivity index (χ0n) is 11.4. The van der Waals surface area contributed by atoms with Crippen molar-refractivity contribution in [1.29, 1.82) is 0 Å². The summed E-state index contributed by atoms with van der Waals surface area (Å²) in [6.07, 6.45) is 0. The van der Waals surface area contributed by atoms with Gasteiger partial charge in [0.05, 0.1) is 6.54 Å². The predicted molar refractivity (Wildman–Crippen MR) is 73.1 cm³/mol. The molecular weight excluding hydrogens is 278 g/mol. The lowest BCUT2D eigenvalue weighted by Crippen LogP contribution is -2.31. The van der Waals surface area contributed by atoms with Crippen LogP contribution in [0.5, 0.6) is 5.75 Å². The number of hydrogen-bond acceptors (Lipinski definition) is 3. The van der Waals surface area contributed by atoms with Gasteiger partial charge >= 0.3 is 0 Å². The van der Waals surface area contributed by atoms with E-state index in [1.807, 2.05) is 0 Å². The molecule has 1 aromatic carbocycles. The molecule has 0 saturated heterocycles. The number of carbonyl (C=O) groups is 1. The zero-order chi connectivity index (χ0) is 15.2. The normalized spacial score (nSPS) is 10.2. The summed E-state index contributed by atoms with van der Waals surface area (Å²) in [5.74, 6) is -0.915. The molecule has 0 unspecified atom stereocenters. The first-order valence-corrected chi connectivity index (χ1v) is 6.32. The summed E-state index contributed by atoms with van der Waals surface area (Å²) in [5.41, 5.74) is 0.0410. The maximum atomic E-state index is 13.0. The van der Waals surface area contributed by atoms with E-state index in [4.69, 9.17) is 4.74 Å². The van der Waals surface area contributed by atoms with Gasteiger partial charge in [0.2, 0.25) is 5.95 Å². The highest BCUT2D eigenvalue weighted by molar-refractivity contribution is 5.92. The van der Waals surface area contributed by atoms with Crippen LogP contribution in [0.15, 0.2) is 42.5 Å². The van der Waals surface area contributed by atoms with Crippen LogP contribution in [0.1, 0.15) is 10.5 Å². The van der Waals surface area contributed by atoms with Crippen LogP contribution in [-0.2, 0) is 0 Å². The van der Waals surface area contributed by atoms with Crippen LogP contribution in [-0.4, -0.2) is 36.0 Å². The van der Waals surface area contributed by atoms with Crippen LogP contribution in [0.4, 0.5) is 8.78 Å². The molecule has 1 amide bonds. The van der Waals surface area contributed by atoms with E-state index in [1.54, 1.807) is 7.05 Å². The fourth-order valence-corrected chi connectivity index (χ4v) is 1.66. The van der Waals surface area contributed by atoms with E-state index in [0.29, 0.717) is 12.3 Å². The Morgan fingerprint density at radius 1 is 1.19 bits per heavy atom. The predicted octanol–water partition coefficient (Wildman–Crippen LogP) is 2.51. The first kappa shape index (κ1) is 14.9. The van der Waals surface area contributed by atoms with Gasteiger partial charge in [-0.15, -0.1) is 0 Å². The van der Waals surface area contributed by atoms with Crippen molar-refractivity contribution in [2.24, 2.45) is 0 Å². The standard InChI is InChI=1S/C15H14F2N2O2/c1-19(15(20)13-3-2-4-14(17)18-13)9-10-21-12-7-5-11(16)6-8-12/h2-8H,9-10H2,1H3. The Balaban J connectivity index is 1.85. The second kappa shape index (κ2) is 6.78. The third-order valence-corrected chi connectivity index (χ3v) is 2.79. The number of ether oxygens (including phenoxy) is 1. The fourth-order valence-electron chi connectivity index (χ4n) is 1.66. The second-order valence-electron chi connectivity index (χ2n) is 4.37. The van der Waals surface area contributed by atoms with Crippen LogP contribution in [0.3, 0.4) is 0 Å². The molecule has 0 atom stereocenters. The van der Waals surface area contributed by atoms with Crippen molar-refractivity contribution < 1.29 is 18.3 Å². The summed E-state index contributed by atoms with van der Waals surface area (Å²) >= 11 is 0. The molecule has 21 heavy (non-hydrogen) atoms. The third-order valence-electron chi connectivity index (χ3n) is 2.79. The molecule has 2 aromatic rings. The molecule has 1 heterocycles. The van der Waals surface area contributed by atoms with Crippen molar-refractivity contribution in [3.8, 4) is 5.75 Å². The van der Waals surface area contributed by atoms with Gasteiger partial charge in [-0.2, -0.15) is 4.39 Å². The summed E-state index contributed by atoms with van der Waals surface area (Å²) in [6, 6.07) is 9.65. The first-order valence-electron chi connectivity index (χ1n) is 6.32. The minimum absolute atomic E-state index is 0.0410. The van der Waals surface area contributed by atoms with Crippen LogP contribution in [0.25, 0.3) is 0 Å². The van der Waals surface area contributed by atoms with Gasteiger partial charge in [-0.1, -0.05) is 6.07 Å². The highest BCUT2D eigenvalue weighted by atomic mass is 19.1. The van der Waals surface area contributed by atoms with E-state index in [2.05, 4.69) is 4.98 Å². The molecule has 0 aliphatic carbocycles. The van der Waals surface area contributed by atoms with Gasteiger partial charge in [0.15, 0.2) is 0 Å². The Kier molecular flexibility index (Phi) is 4.81. The summed E-state index contributed by atoms with van der Waals surface area (Å²) in [7, 11) is 1.57. The third kappa shape index (κ3) is 4.24. The van der Waals surface area contributed by atoms with Gasteiger partial charge in [0.25, 0.3) is 5.91 Å². The zero-order valence-corrected chi connectivity index (χ0v) is 11.4. The monoisotopic (exact) mass is 292 g/mol. The van der Waals surface area contributed by atoms with Crippen LogP contribution < -0.4 is 4.74 Å². The lowest BCUT2D eigenvalue weighted by molar-refractivity contribution is 0.0766. The Morgan fingerprint density at radius 2 is 1.90 bits per heavy atom. The summed E-state index contributed by atoms with van der Waals surface area (Å²) in [5, 5.41) is 0. The molecule has 110 valence electrons. The topological polar surface area (TPSA) is 42.4 Å². The number of aromatic nitrogens is 1. The van der Waals surface area contributed by atoms with E-state index in [1.165, 1.54) is 47.4 Å². The van der Waals surface area contributed by atoms with Crippen LogP contribution >= 0.6 is 0 Å². The van der Waals surface area contributed by atoms with E-state index in [9.17, 15) is 13.6 Å². The number of likely N-dealkylation sites (N-methyl/N-ethyl adjacent to an activating group) is 1. The summed E-state index contributed by atoms with van der Waals surface area (Å²) < 4.78 is 31.1. The minimum Gasteiger partial charge on any atom is -0.492 e. The smallest absolute Gasteiger partial charge is 0.272 e. The van der Waals surface area contributed by atoms with Gasteiger partial charge in [-0.05, 0) is 36.4 Å². The Morgan fingerprint density at radius 3 is 2.57 bits per heavy atom. The van der Waals surface area contributed by atoms with Crippen LogP contribution in [0.2, 0.25) is 0 Å². The number of nitrogens with zero attached hydrogens (tertiary/aromatic N) is 2. The Labute approximate surface area is 121 Å².